The molecule has 3 rings (SSSR count). The number of piperidine rings is 2. The van der Waals surface area contributed by atoms with Crippen molar-refractivity contribution in [2.45, 2.75) is 51.1 Å². The Balaban J connectivity index is 1.98. The summed E-state index contributed by atoms with van der Waals surface area (Å²) in [6.07, 6.45) is 4.96. The molecule has 0 radical (unpaired) electrons. The highest BCUT2D eigenvalue weighted by Gasteiger charge is 2.38. The minimum absolute atomic E-state index is 0.394. The van der Waals surface area contributed by atoms with Gasteiger partial charge in [0.1, 0.15) is 11.5 Å². The summed E-state index contributed by atoms with van der Waals surface area (Å²) in [6, 6.07) is 7.03. The number of hydrogen-bond donors (Lipinski definition) is 0. The van der Waals surface area contributed by atoms with E-state index in [0.29, 0.717) is 30.7 Å². The standard InChI is InChI=1S/C16H21NO2/c1-11-6-7-15(19-2)10-16(11)17-12-4-3-5-13(17)9-14(18)8-12/h6-7,10,12-13H,3-5,8-9H2,1-2H3. The van der Waals surface area contributed by atoms with Gasteiger partial charge in [-0.3, -0.25) is 4.79 Å². The number of rotatable bonds is 2. The summed E-state index contributed by atoms with van der Waals surface area (Å²) in [5.74, 6) is 1.34. The Morgan fingerprint density at radius 2 is 1.89 bits per heavy atom. The summed E-state index contributed by atoms with van der Waals surface area (Å²) >= 11 is 0. The number of hydrogen-bond acceptors (Lipinski definition) is 3. The Labute approximate surface area is 114 Å². The molecule has 0 aliphatic carbocycles. The van der Waals surface area contributed by atoms with E-state index in [1.165, 1.54) is 17.7 Å². The molecule has 1 aromatic carbocycles. The van der Waals surface area contributed by atoms with Crippen molar-refractivity contribution in [3.8, 4) is 5.75 Å². The number of ether oxygens (including phenoxy) is 1. The van der Waals surface area contributed by atoms with Gasteiger partial charge < -0.3 is 9.64 Å². The van der Waals surface area contributed by atoms with E-state index in [1.807, 2.05) is 6.07 Å². The molecule has 0 N–H and O–H groups in total. The molecule has 2 unspecified atom stereocenters. The second-order valence-corrected chi connectivity index (χ2v) is 5.75. The third-order valence-electron chi connectivity index (χ3n) is 4.48. The van der Waals surface area contributed by atoms with Crippen LogP contribution in [0.3, 0.4) is 0 Å². The highest BCUT2D eigenvalue weighted by molar-refractivity contribution is 5.83. The van der Waals surface area contributed by atoms with E-state index in [9.17, 15) is 4.79 Å². The van der Waals surface area contributed by atoms with Crippen LogP contribution < -0.4 is 9.64 Å². The number of methoxy groups -OCH3 is 1. The molecule has 3 nitrogen and oxygen atoms in total. The Hall–Kier alpha value is -1.51. The third kappa shape index (κ3) is 2.22. The number of nitrogens with zero attached hydrogens (tertiary/aromatic N) is 1. The van der Waals surface area contributed by atoms with Crippen molar-refractivity contribution in [2.24, 2.45) is 0 Å². The van der Waals surface area contributed by atoms with E-state index in [2.05, 4.69) is 24.0 Å². The van der Waals surface area contributed by atoms with Crippen molar-refractivity contribution in [3.05, 3.63) is 23.8 Å². The first-order valence-corrected chi connectivity index (χ1v) is 7.13. The summed E-state index contributed by atoms with van der Waals surface area (Å²) < 4.78 is 5.35. The maximum atomic E-state index is 11.8. The number of aryl methyl sites for hydroxylation is 1. The van der Waals surface area contributed by atoms with Gasteiger partial charge in [-0.05, 0) is 37.8 Å². The van der Waals surface area contributed by atoms with Crippen LogP contribution in [0.5, 0.6) is 5.75 Å². The van der Waals surface area contributed by atoms with E-state index in [4.69, 9.17) is 4.74 Å². The van der Waals surface area contributed by atoms with Crippen LogP contribution in [-0.2, 0) is 4.79 Å². The third-order valence-corrected chi connectivity index (χ3v) is 4.48. The Morgan fingerprint density at radius 1 is 1.21 bits per heavy atom. The van der Waals surface area contributed by atoms with Crippen LogP contribution in [0.15, 0.2) is 18.2 Å². The second kappa shape index (κ2) is 4.87. The fourth-order valence-corrected chi connectivity index (χ4v) is 3.56. The van der Waals surface area contributed by atoms with E-state index in [0.717, 1.165) is 18.6 Å². The molecular weight excluding hydrogens is 238 g/mol. The lowest BCUT2D eigenvalue weighted by Crippen LogP contribution is -2.52. The number of benzene rings is 1. The smallest absolute Gasteiger partial charge is 0.137 e. The minimum Gasteiger partial charge on any atom is -0.497 e. The zero-order chi connectivity index (χ0) is 13.4. The van der Waals surface area contributed by atoms with Crippen LogP contribution in [0.25, 0.3) is 0 Å². The van der Waals surface area contributed by atoms with Gasteiger partial charge in [-0.2, -0.15) is 0 Å². The van der Waals surface area contributed by atoms with Gasteiger partial charge in [0.2, 0.25) is 0 Å². The highest BCUT2D eigenvalue weighted by Crippen LogP contribution is 2.39. The molecule has 0 saturated carbocycles. The number of carbonyl (C=O) groups excluding carboxylic acids is 1. The lowest BCUT2D eigenvalue weighted by Gasteiger charge is -2.47. The number of fused-ring (bicyclic) bond motifs is 2. The van der Waals surface area contributed by atoms with Crippen LogP contribution in [-0.4, -0.2) is 25.0 Å². The lowest BCUT2D eigenvalue weighted by atomic mass is 9.83. The molecule has 2 saturated heterocycles. The Morgan fingerprint density at radius 3 is 2.53 bits per heavy atom. The summed E-state index contributed by atoms with van der Waals surface area (Å²) in [5.41, 5.74) is 2.52. The average molecular weight is 259 g/mol. The van der Waals surface area contributed by atoms with Crippen molar-refractivity contribution < 1.29 is 9.53 Å². The minimum atomic E-state index is 0.394. The van der Waals surface area contributed by atoms with Crippen LogP contribution in [0, 0.1) is 6.92 Å². The molecule has 2 heterocycles. The summed E-state index contributed by atoms with van der Waals surface area (Å²) in [6.45, 7) is 2.14. The van der Waals surface area contributed by atoms with Crippen LogP contribution in [0.2, 0.25) is 0 Å². The van der Waals surface area contributed by atoms with E-state index < -0.39 is 0 Å². The predicted octanol–water partition coefficient (Wildman–Crippen LogP) is 3.09. The SMILES string of the molecule is COc1ccc(C)c(N2C3CCCC2CC(=O)C3)c1. The molecule has 2 atom stereocenters. The molecule has 2 bridgehead atoms. The number of carbonyl (C=O) groups is 1. The summed E-state index contributed by atoms with van der Waals surface area (Å²) in [7, 11) is 1.70. The van der Waals surface area contributed by atoms with Crippen molar-refractivity contribution in [1.29, 1.82) is 0 Å². The normalized spacial score (nSPS) is 26.4. The van der Waals surface area contributed by atoms with E-state index in [1.54, 1.807) is 7.11 Å². The molecule has 2 aliphatic heterocycles. The van der Waals surface area contributed by atoms with Gasteiger partial charge in [0.15, 0.2) is 0 Å². The second-order valence-electron chi connectivity index (χ2n) is 5.75. The molecule has 0 amide bonds. The Kier molecular flexibility index (Phi) is 3.21. The van der Waals surface area contributed by atoms with Crippen molar-refractivity contribution >= 4 is 11.5 Å². The van der Waals surface area contributed by atoms with Gasteiger partial charge in [-0.1, -0.05) is 6.07 Å². The van der Waals surface area contributed by atoms with E-state index >= 15 is 0 Å². The quantitative estimate of drug-likeness (QED) is 0.817. The number of ketones is 1. The number of anilines is 1. The molecule has 0 aromatic heterocycles. The fourth-order valence-electron chi connectivity index (χ4n) is 3.56. The van der Waals surface area contributed by atoms with Crippen LogP contribution in [0.1, 0.15) is 37.7 Å². The molecule has 1 aromatic rings. The molecule has 0 spiro atoms. The van der Waals surface area contributed by atoms with Crippen LogP contribution in [0.4, 0.5) is 5.69 Å². The topological polar surface area (TPSA) is 29.5 Å². The maximum Gasteiger partial charge on any atom is 0.137 e. The maximum absolute atomic E-state index is 11.8. The number of Topliss-reactive ketones (excluding diaryl/α,β-unsaturated/α-hetero) is 1. The van der Waals surface area contributed by atoms with Gasteiger partial charge >= 0.3 is 0 Å². The zero-order valence-corrected chi connectivity index (χ0v) is 11.7. The highest BCUT2D eigenvalue weighted by atomic mass is 16.5. The largest absolute Gasteiger partial charge is 0.497 e. The first-order chi connectivity index (χ1) is 9.19. The molecule has 102 valence electrons. The molecule has 3 heteroatoms. The molecule has 2 aliphatic rings. The summed E-state index contributed by atoms with van der Waals surface area (Å²) in [4.78, 5) is 14.3. The monoisotopic (exact) mass is 259 g/mol. The van der Waals surface area contributed by atoms with Crippen molar-refractivity contribution in [2.75, 3.05) is 12.0 Å². The van der Waals surface area contributed by atoms with Crippen molar-refractivity contribution in [3.63, 3.8) is 0 Å². The average Bonchev–Trinajstić information content (AvgIpc) is 2.39. The predicted molar refractivity (Wildman–Crippen MR) is 75.9 cm³/mol. The van der Waals surface area contributed by atoms with Gasteiger partial charge in [0, 0.05) is 36.7 Å². The lowest BCUT2D eigenvalue weighted by molar-refractivity contribution is -0.121. The first kappa shape index (κ1) is 12.5. The van der Waals surface area contributed by atoms with Gasteiger partial charge in [0.05, 0.1) is 7.11 Å². The summed E-state index contributed by atoms with van der Waals surface area (Å²) in [5, 5.41) is 0. The van der Waals surface area contributed by atoms with Gasteiger partial charge in [-0.15, -0.1) is 0 Å². The molecular formula is C16H21NO2. The zero-order valence-electron chi connectivity index (χ0n) is 11.7. The molecule has 2 fully saturated rings. The Bertz CT molecular complexity index is 482. The van der Waals surface area contributed by atoms with E-state index in [-0.39, 0.29) is 0 Å². The van der Waals surface area contributed by atoms with Crippen LogP contribution >= 0.6 is 0 Å². The van der Waals surface area contributed by atoms with Gasteiger partial charge in [0.25, 0.3) is 0 Å². The van der Waals surface area contributed by atoms with Gasteiger partial charge in [-0.25, -0.2) is 0 Å². The van der Waals surface area contributed by atoms with Crippen molar-refractivity contribution in [1.82, 2.24) is 0 Å². The first-order valence-electron chi connectivity index (χ1n) is 7.13. The fraction of sp³-hybridized carbons (Fsp3) is 0.562. The molecule has 19 heavy (non-hydrogen) atoms.